The number of aryl methyl sites for hydroxylation is 1. The molecular weight excluding hydrogens is 344 g/mol. The van der Waals surface area contributed by atoms with E-state index in [0.717, 1.165) is 0 Å². The maximum absolute atomic E-state index is 12.8. The molecule has 2 aromatic heterocycles. The Balaban J connectivity index is 1.75. The van der Waals surface area contributed by atoms with Crippen LogP contribution in [0.25, 0.3) is 22.3 Å². The van der Waals surface area contributed by atoms with E-state index in [9.17, 15) is 4.79 Å². The van der Waals surface area contributed by atoms with Gasteiger partial charge in [0.2, 0.25) is 0 Å². The van der Waals surface area contributed by atoms with E-state index in [1.54, 1.807) is 43.3 Å². The Bertz CT molecular complexity index is 1090. The maximum atomic E-state index is 12.8. The fourth-order valence-corrected chi connectivity index (χ4v) is 2.79. The van der Waals surface area contributed by atoms with Crippen molar-refractivity contribution in [3.05, 3.63) is 58.8 Å². The van der Waals surface area contributed by atoms with E-state index in [2.05, 4.69) is 20.8 Å². The third-order valence-corrected chi connectivity index (χ3v) is 4.08. The molecule has 4 rings (SSSR count). The monoisotopic (exact) mass is 354 g/mol. The number of aromatic nitrogens is 3. The minimum absolute atomic E-state index is 0.307. The summed E-state index contributed by atoms with van der Waals surface area (Å²) in [5.74, 6) is 0.00189. The topological polar surface area (TPSA) is 94.1 Å². The summed E-state index contributed by atoms with van der Waals surface area (Å²) in [6, 6.07) is 12.3. The van der Waals surface area contributed by atoms with Crippen LogP contribution in [0.3, 0.4) is 0 Å². The normalized spacial score (nSPS) is 11.0. The number of rotatable bonds is 3. The van der Waals surface area contributed by atoms with Crippen molar-refractivity contribution in [1.82, 2.24) is 15.5 Å². The largest absolute Gasteiger partial charge is 0.360 e. The standard InChI is InChI=1S/C17H11ClN4O3/c1-9-14(15(21-24-9)10-5-2-3-6-11(10)18)17(23)19-12-7-4-8-13-16(12)22-25-20-13/h2-8H,1H3,(H,19,23). The highest BCUT2D eigenvalue weighted by molar-refractivity contribution is 6.33. The minimum Gasteiger partial charge on any atom is -0.360 e. The van der Waals surface area contributed by atoms with Gasteiger partial charge in [-0.25, -0.2) is 4.63 Å². The van der Waals surface area contributed by atoms with Crippen LogP contribution in [0, 0.1) is 6.92 Å². The lowest BCUT2D eigenvalue weighted by atomic mass is 10.1. The van der Waals surface area contributed by atoms with E-state index in [0.29, 0.717) is 44.3 Å². The summed E-state index contributed by atoms with van der Waals surface area (Å²) >= 11 is 6.22. The van der Waals surface area contributed by atoms with Crippen LogP contribution in [0.15, 0.2) is 51.6 Å². The van der Waals surface area contributed by atoms with Gasteiger partial charge in [0.25, 0.3) is 5.91 Å². The molecule has 2 aromatic carbocycles. The number of carbonyl (C=O) groups excluding carboxylic acids is 1. The number of carbonyl (C=O) groups is 1. The molecule has 4 aromatic rings. The molecule has 0 spiro atoms. The number of halogens is 1. The average Bonchev–Trinajstić information content (AvgIpc) is 3.22. The fraction of sp³-hybridized carbons (Fsp3) is 0.0588. The van der Waals surface area contributed by atoms with E-state index in [1.165, 1.54) is 0 Å². The second-order valence-electron chi connectivity index (χ2n) is 5.33. The van der Waals surface area contributed by atoms with Gasteiger partial charge in [0.15, 0.2) is 5.52 Å². The molecule has 0 fully saturated rings. The van der Waals surface area contributed by atoms with E-state index in [4.69, 9.17) is 20.8 Å². The summed E-state index contributed by atoms with van der Waals surface area (Å²) < 4.78 is 9.93. The predicted molar refractivity (Wildman–Crippen MR) is 91.4 cm³/mol. The molecule has 0 unspecified atom stereocenters. The van der Waals surface area contributed by atoms with Crippen LogP contribution in [0.4, 0.5) is 5.69 Å². The van der Waals surface area contributed by atoms with Crippen molar-refractivity contribution in [2.75, 3.05) is 5.32 Å². The SMILES string of the molecule is Cc1onc(-c2ccccc2Cl)c1C(=O)Nc1cccc2nonc12. The molecule has 0 aliphatic carbocycles. The molecule has 1 N–H and O–H groups in total. The molecule has 2 heterocycles. The molecule has 8 heteroatoms. The van der Waals surface area contributed by atoms with Crippen molar-refractivity contribution >= 4 is 34.2 Å². The molecule has 0 saturated heterocycles. The quantitative estimate of drug-likeness (QED) is 0.595. The van der Waals surface area contributed by atoms with Gasteiger partial charge in [0, 0.05) is 5.56 Å². The highest BCUT2D eigenvalue weighted by Crippen LogP contribution is 2.31. The summed E-state index contributed by atoms with van der Waals surface area (Å²) in [6.45, 7) is 1.67. The van der Waals surface area contributed by atoms with E-state index in [-0.39, 0.29) is 5.91 Å². The Labute approximate surface area is 146 Å². The Kier molecular flexibility index (Phi) is 3.70. The second-order valence-corrected chi connectivity index (χ2v) is 5.74. The lowest BCUT2D eigenvalue weighted by Gasteiger charge is -2.06. The predicted octanol–water partition coefficient (Wildman–Crippen LogP) is 4.09. The number of nitrogens with one attached hydrogen (secondary N) is 1. The number of hydrogen-bond acceptors (Lipinski definition) is 6. The van der Waals surface area contributed by atoms with Crippen molar-refractivity contribution in [2.45, 2.75) is 6.92 Å². The molecule has 0 saturated carbocycles. The number of benzene rings is 2. The fourth-order valence-electron chi connectivity index (χ4n) is 2.57. The Morgan fingerprint density at radius 1 is 1.08 bits per heavy atom. The van der Waals surface area contributed by atoms with Crippen molar-refractivity contribution in [2.24, 2.45) is 0 Å². The lowest BCUT2D eigenvalue weighted by molar-refractivity contribution is 0.102. The number of fused-ring (bicyclic) bond motifs is 1. The molecule has 0 atom stereocenters. The van der Waals surface area contributed by atoms with Crippen molar-refractivity contribution in [3.8, 4) is 11.3 Å². The summed E-state index contributed by atoms with van der Waals surface area (Å²) in [5, 5.41) is 14.8. The number of hydrogen-bond donors (Lipinski definition) is 1. The Morgan fingerprint density at radius 2 is 1.92 bits per heavy atom. The minimum atomic E-state index is -0.385. The van der Waals surface area contributed by atoms with Gasteiger partial charge in [-0.15, -0.1) is 0 Å². The van der Waals surface area contributed by atoms with Gasteiger partial charge in [-0.05, 0) is 35.4 Å². The maximum Gasteiger partial charge on any atom is 0.261 e. The summed E-state index contributed by atoms with van der Waals surface area (Å²) in [5.41, 5.74) is 2.80. The number of amides is 1. The smallest absolute Gasteiger partial charge is 0.261 e. The van der Waals surface area contributed by atoms with Crippen LogP contribution in [0.1, 0.15) is 16.1 Å². The summed E-state index contributed by atoms with van der Waals surface area (Å²) in [7, 11) is 0. The summed E-state index contributed by atoms with van der Waals surface area (Å²) in [4.78, 5) is 12.8. The van der Waals surface area contributed by atoms with Gasteiger partial charge in [-0.3, -0.25) is 4.79 Å². The van der Waals surface area contributed by atoms with Gasteiger partial charge in [-0.2, -0.15) is 0 Å². The molecule has 124 valence electrons. The lowest BCUT2D eigenvalue weighted by Crippen LogP contribution is -2.13. The first-order valence-electron chi connectivity index (χ1n) is 7.39. The number of nitrogens with zero attached hydrogens (tertiary/aromatic N) is 3. The highest BCUT2D eigenvalue weighted by atomic mass is 35.5. The molecule has 0 aliphatic heterocycles. The van der Waals surface area contributed by atoms with Crippen molar-refractivity contribution in [3.63, 3.8) is 0 Å². The molecule has 7 nitrogen and oxygen atoms in total. The molecule has 25 heavy (non-hydrogen) atoms. The van der Waals surface area contributed by atoms with Crippen LogP contribution in [-0.4, -0.2) is 21.4 Å². The molecule has 0 aliphatic rings. The van der Waals surface area contributed by atoms with Gasteiger partial charge >= 0.3 is 0 Å². The van der Waals surface area contributed by atoms with Gasteiger partial charge in [-0.1, -0.05) is 41.0 Å². The first-order valence-corrected chi connectivity index (χ1v) is 7.77. The summed E-state index contributed by atoms with van der Waals surface area (Å²) in [6.07, 6.45) is 0. The van der Waals surface area contributed by atoms with Crippen LogP contribution in [-0.2, 0) is 0 Å². The Hall–Kier alpha value is -3.19. The van der Waals surface area contributed by atoms with E-state index < -0.39 is 0 Å². The average molecular weight is 355 g/mol. The number of anilines is 1. The van der Waals surface area contributed by atoms with Crippen molar-refractivity contribution < 1.29 is 13.9 Å². The molecular formula is C17H11ClN4O3. The second kappa shape index (κ2) is 6.03. The molecule has 1 amide bonds. The first kappa shape index (κ1) is 15.3. The van der Waals surface area contributed by atoms with Gasteiger partial charge in [0.05, 0.1) is 10.7 Å². The van der Waals surface area contributed by atoms with E-state index >= 15 is 0 Å². The Morgan fingerprint density at radius 3 is 2.76 bits per heavy atom. The van der Waals surface area contributed by atoms with E-state index in [1.807, 2.05) is 6.07 Å². The third-order valence-electron chi connectivity index (χ3n) is 3.75. The third kappa shape index (κ3) is 2.64. The van der Waals surface area contributed by atoms with Crippen molar-refractivity contribution in [1.29, 1.82) is 0 Å². The van der Waals surface area contributed by atoms with Crippen LogP contribution in [0.5, 0.6) is 0 Å². The molecule has 0 radical (unpaired) electrons. The van der Waals surface area contributed by atoms with Gasteiger partial charge in [0.1, 0.15) is 22.5 Å². The van der Waals surface area contributed by atoms with Crippen LogP contribution in [0.2, 0.25) is 5.02 Å². The van der Waals surface area contributed by atoms with Crippen LogP contribution < -0.4 is 5.32 Å². The zero-order chi connectivity index (χ0) is 17.4. The first-order chi connectivity index (χ1) is 12.1. The zero-order valence-electron chi connectivity index (χ0n) is 13.0. The molecule has 0 bridgehead atoms. The van der Waals surface area contributed by atoms with Crippen LogP contribution >= 0.6 is 11.6 Å². The highest BCUT2D eigenvalue weighted by Gasteiger charge is 2.23. The zero-order valence-corrected chi connectivity index (χ0v) is 13.7. The van der Waals surface area contributed by atoms with Gasteiger partial charge < -0.3 is 9.84 Å².